The maximum Gasteiger partial charge on any atom is 0.408 e. The van der Waals surface area contributed by atoms with Crippen molar-refractivity contribution < 1.29 is 43.6 Å². The molecule has 0 aliphatic carbocycles. The summed E-state index contributed by atoms with van der Waals surface area (Å²) < 4.78 is 15.6. The van der Waals surface area contributed by atoms with Gasteiger partial charge in [-0.2, -0.15) is 0 Å². The van der Waals surface area contributed by atoms with Crippen LogP contribution in [0.3, 0.4) is 0 Å². The average molecular weight is 547 g/mol. The standard InChI is InChI=1S/C16H23NO5.C12H15NO4/c1-11(21-10-12-8-6-5-7-9-12)13(14(18)19)17-15(20)22-16(2,3)4;13-10(6-7-11(14)15)12(16)17-8-9-4-2-1-3-5-9/h5-9,11,13H,10H2,1-4H3,(H,17,20)(H,18,19);1-5,10H,6-8,13H2,(H,14,15)/t11-,13+;10-/m10/s1. The second kappa shape index (κ2) is 16.8. The zero-order valence-corrected chi connectivity index (χ0v) is 22.7. The zero-order valence-electron chi connectivity index (χ0n) is 22.7. The Kier molecular flexibility index (Phi) is 14.2. The molecule has 0 aliphatic rings. The number of nitrogens with one attached hydrogen (secondary N) is 1. The van der Waals surface area contributed by atoms with Gasteiger partial charge < -0.3 is 35.5 Å². The molecule has 11 heteroatoms. The Balaban J connectivity index is 0.000000403. The van der Waals surface area contributed by atoms with Gasteiger partial charge in [0.25, 0.3) is 0 Å². The molecule has 0 aliphatic heterocycles. The number of rotatable bonds is 12. The van der Waals surface area contributed by atoms with E-state index in [-0.39, 0.29) is 26.1 Å². The Morgan fingerprint density at radius 1 is 0.897 bits per heavy atom. The molecule has 11 nitrogen and oxygen atoms in total. The minimum Gasteiger partial charge on any atom is -0.481 e. The fourth-order valence-corrected chi connectivity index (χ4v) is 2.95. The molecular weight excluding hydrogens is 508 g/mol. The van der Waals surface area contributed by atoms with Crippen molar-refractivity contribution in [2.24, 2.45) is 5.73 Å². The molecule has 5 N–H and O–H groups in total. The molecule has 0 saturated carbocycles. The molecular formula is C28H38N2O9. The highest BCUT2D eigenvalue weighted by atomic mass is 16.6. The van der Waals surface area contributed by atoms with Crippen molar-refractivity contribution in [3.8, 4) is 0 Å². The molecule has 39 heavy (non-hydrogen) atoms. The Hall–Kier alpha value is -3.96. The second-order valence-corrected chi connectivity index (χ2v) is 9.60. The Labute approximate surface area is 228 Å². The molecule has 3 atom stereocenters. The number of amides is 1. The molecule has 2 rings (SSSR count). The van der Waals surface area contributed by atoms with E-state index in [4.69, 9.17) is 25.1 Å². The first-order valence-corrected chi connectivity index (χ1v) is 12.3. The maximum atomic E-state index is 11.7. The second-order valence-electron chi connectivity index (χ2n) is 9.60. The number of hydrogen-bond donors (Lipinski definition) is 4. The van der Waals surface area contributed by atoms with Crippen LogP contribution in [0.4, 0.5) is 4.79 Å². The fourth-order valence-electron chi connectivity index (χ4n) is 2.95. The lowest BCUT2D eigenvalue weighted by Gasteiger charge is -2.25. The van der Waals surface area contributed by atoms with Gasteiger partial charge in [-0.05, 0) is 45.2 Å². The average Bonchev–Trinajstić information content (AvgIpc) is 2.88. The van der Waals surface area contributed by atoms with Crippen molar-refractivity contribution in [3.63, 3.8) is 0 Å². The third-order valence-electron chi connectivity index (χ3n) is 4.96. The van der Waals surface area contributed by atoms with Gasteiger partial charge in [-0.25, -0.2) is 9.59 Å². The van der Waals surface area contributed by atoms with Crippen LogP contribution in [0.5, 0.6) is 0 Å². The van der Waals surface area contributed by atoms with Gasteiger partial charge in [-0.1, -0.05) is 60.7 Å². The molecule has 0 radical (unpaired) electrons. The summed E-state index contributed by atoms with van der Waals surface area (Å²) in [6, 6.07) is 16.5. The summed E-state index contributed by atoms with van der Waals surface area (Å²) >= 11 is 0. The minimum atomic E-state index is -1.18. The summed E-state index contributed by atoms with van der Waals surface area (Å²) in [4.78, 5) is 44.7. The number of carbonyl (C=O) groups excluding carboxylic acids is 2. The van der Waals surface area contributed by atoms with E-state index in [2.05, 4.69) is 5.32 Å². The number of hydrogen-bond acceptors (Lipinski definition) is 8. The maximum absolute atomic E-state index is 11.7. The molecule has 2 aromatic rings. The van der Waals surface area contributed by atoms with Gasteiger partial charge >= 0.3 is 24.0 Å². The smallest absolute Gasteiger partial charge is 0.408 e. The van der Waals surface area contributed by atoms with Crippen LogP contribution in [0.25, 0.3) is 0 Å². The topological polar surface area (TPSA) is 174 Å². The third kappa shape index (κ3) is 15.1. The minimum absolute atomic E-state index is 0.0863. The van der Waals surface area contributed by atoms with E-state index in [0.29, 0.717) is 0 Å². The lowest BCUT2D eigenvalue weighted by Crippen LogP contribution is -2.50. The number of carboxylic acids is 2. The number of alkyl carbamates (subject to hydrolysis) is 1. The highest BCUT2D eigenvalue weighted by Crippen LogP contribution is 2.10. The monoisotopic (exact) mass is 546 g/mol. The largest absolute Gasteiger partial charge is 0.481 e. The van der Waals surface area contributed by atoms with Crippen LogP contribution in [0, 0.1) is 0 Å². The van der Waals surface area contributed by atoms with E-state index in [9.17, 15) is 24.3 Å². The predicted octanol–water partition coefficient (Wildman–Crippen LogP) is 3.49. The molecule has 1 amide bonds. The molecule has 2 aromatic carbocycles. The van der Waals surface area contributed by atoms with Gasteiger partial charge in [-0.3, -0.25) is 9.59 Å². The zero-order chi connectivity index (χ0) is 29.4. The van der Waals surface area contributed by atoms with Gasteiger partial charge in [0.15, 0.2) is 6.04 Å². The van der Waals surface area contributed by atoms with Gasteiger partial charge in [0.05, 0.1) is 12.7 Å². The number of carboxylic acid groups (broad SMARTS) is 2. The van der Waals surface area contributed by atoms with Crippen LogP contribution >= 0.6 is 0 Å². The molecule has 0 spiro atoms. The quantitative estimate of drug-likeness (QED) is 0.288. The van der Waals surface area contributed by atoms with Crippen LogP contribution in [-0.2, 0) is 41.8 Å². The normalized spacial score (nSPS) is 13.1. The number of ether oxygens (including phenoxy) is 3. The van der Waals surface area contributed by atoms with Crippen molar-refractivity contribution in [3.05, 3.63) is 71.8 Å². The van der Waals surface area contributed by atoms with Gasteiger partial charge in [0, 0.05) is 6.42 Å². The van der Waals surface area contributed by atoms with Crippen molar-refractivity contribution in [1.29, 1.82) is 0 Å². The van der Waals surface area contributed by atoms with Gasteiger partial charge in [-0.15, -0.1) is 0 Å². The highest BCUT2D eigenvalue weighted by Gasteiger charge is 2.29. The van der Waals surface area contributed by atoms with E-state index in [1.807, 2.05) is 60.7 Å². The molecule has 0 aromatic heterocycles. The van der Waals surface area contributed by atoms with Crippen molar-refractivity contribution in [2.45, 2.75) is 77.5 Å². The third-order valence-corrected chi connectivity index (χ3v) is 4.96. The van der Waals surface area contributed by atoms with Crippen LogP contribution in [0.2, 0.25) is 0 Å². The van der Waals surface area contributed by atoms with Crippen LogP contribution in [-0.4, -0.2) is 58.0 Å². The lowest BCUT2D eigenvalue weighted by atomic mass is 10.1. The Morgan fingerprint density at radius 2 is 1.41 bits per heavy atom. The van der Waals surface area contributed by atoms with E-state index >= 15 is 0 Å². The molecule has 0 heterocycles. The van der Waals surface area contributed by atoms with E-state index in [0.717, 1.165) is 11.1 Å². The van der Waals surface area contributed by atoms with Crippen molar-refractivity contribution >= 4 is 24.0 Å². The van der Waals surface area contributed by atoms with Gasteiger partial charge in [0.1, 0.15) is 18.2 Å². The van der Waals surface area contributed by atoms with Crippen LogP contribution in [0.1, 0.15) is 51.7 Å². The fraction of sp³-hybridized carbons (Fsp3) is 0.429. The van der Waals surface area contributed by atoms with Crippen LogP contribution in [0.15, 0.2) is 60.7 Å². The van der Waals surface area contributed by atoms with E-state index < -0.39 is 47.8 Å². The number of benzene rings is 2. The first-order valence-electron chi connectivity index (χ1n) is 12.3. The summed E-state index contributed by atoms with van der Waals surface area (Å²) in [5, 5.41) is 20.0. The molecule has 0 fully saturated rings. The van der Waals surface area contributed by atoms with E-state index in [1.54, 1.807) is 27.7 Å². The highest BCUT2D eigenvalue weighted by molar-refractivity contribution is 5.80. The summed E-state index contributed by atoms with van der Waals surface area (Å²) in [7, 11) is 0. The lowest BCUT2D eigenvalue weighted by molar-refractivity contribution is -0.147. The van der Waals surface area contributed by atoms with Crippen LogP contribution < -0.4 is 11.1 Å². The molecule has 0 bridgehead atoms. The first kappa shape index (κ1) is 33.1. The van der Waals surface area contributed by atoms with Crippen molar-refractivity contribution in [2.75, 3.05) is 0 Å². The first-order chi connectivity index (χ1) is 18.3. The molecule has 0 unspecified atom stereocenters. The molecule has 0 saturated heterocycles. The summed E-state index contributed by atoms with van der Waals surface area (Å²) in [5.74, 6) is -2.72. The van der Waals surface area contributed by atoms with Crippen molar-refractivity contribution in [1.82, 2.24) is 5.32 Å². The predicted molar refractivity (Wildman–Crippen MR) is 143 cm³/mol. The number of esters is 1. The van der Waals surface area contributed by atoms with Gasteiger partial charge in [0.2, 0.25) is 0 Å². The summed E-state index contributed by atoms with van der Waals surface area (Å²) in [5.41, 5.74) is 6.59. The number of nitrogens with two attached hydrogens (primary N) is 1. The number of aliphatic carboxylic acids is 2. The summed E-state index contributed by atoms with van der Waals surface area (Å²) in [6.45, 7) is 7.13. The molecule has 214 valence electrons. The van der Waals surface area contributed by atoms with E-state index in [1.165, 1.54) is 0 Å². The number of carbonyl (C=O) groups is 4. The summed E-state index contributed by atoms with van der Waals surface area (Å²) in [6.07, 6.45) is -1.54. The Bertz CT molecular complexity index is 1040. The Morgan fingerprint density at radius 3 is 1.87 bits per heavy atom. The SMILES string of the molecule is C[C@@H](OCc1ccccc1)[C@H](NC(=O)OC(C)(C)C)C(=O)O.N[C@@H](CCC(=O)O)C(=O)OCc1ccccc1.